The largest absolute Gasteiger partial charge is 0.416 e. The van der Waals surface area contributed by atoms with Gasteiger partial charge in [-0.3, -0.25) is 4.90 Å². The zero-order chi connectivity index (χ0) is 14.1. The van der Waals surface area contributed by atoms with Gasteiger partial charge >= 0.3 is 6.18 Å². The molecule has 1 aromatic carbocycles. The van der Waals surface area contributed by atoms with Crippen LogP contribution in [0.2, 0.25) is 0 Å². The molecule has 1 aliphatic rings. The molecule has 0 spiro atoms. The van der Waals surface area contributed by atoms with Gasteiger partial charge in [0.15, 0.2) is 0 Å². The van der Waals surface area contributed by atoms with Gasteiger partial charge in [-0.05, 0) is 18.7 Å². The third kappa shape index (κ3) is 3.63. The maximum atomic E-state index is 12.7. The molecule has 1 fully saturated rings. The molecule has 0 aliphatic carbocycles. The molecule has 114 valence electrons. The molecule has 0 aromatic heterocycles. The SMILES string of the molecule is CCN1CCOC(O)(c2cccc(C(F)(F)F)c2)C1.Cl. The van der Waals surface area contributed by atoms with Crippen molar-refractivity contribution in [2.24, 2.45) is 0 Å². The van der Waals surface area contributed by atoms with E-state index in [4.69, 9.17) is 4.74 Å². The summed E-state index contributed by atoms with van der Waals surface area (Å²) in [6, 6.07) is 4.66. The lowest BCUT2D eigenvalue weighted by Gasteiger charge is -2.39. The van der Waals surface area contributed by atoms with E-state index in [0.717, 1.165) is 12.1 Å². The minimum atomic E-state index is -4.43. The summed E-state index contributed by atoms with van der Waals surface area (Å²) in [6.07, 6.45) is -4.43. The first-order valence-corrected chi connectivity index (χ1v) is 6.11. The number of ether oxygens (including phenoxy) is 1. The number of β-amino-alcohol motifs (C(OH)–C–C–N with tert-alkyl or cyclic N) is 1. The molecular weight excluding hydrogens is 295 g/mol. The third-order valence-electron chi connectivity index (χ3n) is 3.27. The van der Waals surface area contributed by atoms with Crippen LogP contribution in [0.15, 0.2) is 24.3 Å². The Morgan fingerprint density at radius 2 is 2.10 bits per heavy atom. The Balaban J connectivity index is 0.00000200. The van der Waals surface area contributed by atoms with E-state index in [1.807, 2.05) is 11.8 Å². The summed E-state index contributed by atoms with van der Waals surface area (Å²) in [4.78, 5) is 1.93. The Bertz CT molecular complexity index is 455. The predicted molar refractivity (Wildman–Crippen MR) is 70.7 cm³/mol. The molecule has 0 amide bonds. The van der Waals surface area contributed by atoms with Crippen LogP contribution in [0.3, 0.4) is 0 Å². The lowest BCUT2D eigenvalue weighted by atomic mass is 10.0. The van der Waals surface area contributed by atoms with E-state index in [0.29, 0.717) is 19.7 Å². The van der Waals surface area contributed by atoms with E-state index in [1.54, 1.807) is 0 Å². The van der Waals surface area contributed by atoms with Gasteiger partial charge in [0.1, 0.15) is 0 Å². The van der Waals surface area contributed by atoms with E-state index in [-0.39, 0.29) is 24.5 Å². The van der Waals surface area contributed by atoms with Crippen molar-refractivity contribution in [3.8, 4) is 0 Å². The van der Waals surface area contributed by atoms with Crippen molar-refractivity contribution in [3.05, 3.63) is 35.4 Å². The summed E-state index contributed by atoms with van der Waals surface area (Å²) in [5.74, 6) is -1.67. The Morgan fingerprint density at radius 3 is 2.70 bits per heavy atom. The first-order valence-electron chi connectivity index (χ1n) is 6.11. The molecule has 1 saturated heterocycles. The molecule has 1 aliphatic heterocycles. The highest BCUT2D eigenvalue weighted by molar-refractivity contribution is 5.85. The standard InChI is InChI=1S/C13H16F3NO2.ClH/c1-2-17-6-7-19-12(18,9-17)10-4-3-5-11(8-10)13(14,15)16;/h3-5,8,18H,2,6-7,9H2,1H3;1H. The third-order valence-corrected chi connectivity index (χ3v) is 3.27. The Morgan fingerprint density at radius 1 is 1.40 bits per heavy atom. The second-order valence-corrected chi connectivity index (χ2v) is 4.58. The maximum absolute atomic E-state index is 12.7. The summed E-state index contributed by atoms with van der Waals surface area (Å²) in [5.41, 5.74) is -0.642. The van der Waals surface area contributed by atoms with E-state index in [2.05, 4.69) is 0 Å². The van der Waals surface area contributed by atoms with Crippen LogP contribution in [0.1, 0.15) is 18.1 Å². The number of hydrogen-bond donors (Lipinski definition) is 1. The van der Waals surface area contributed by atoms with Gasteiger partial charge in [0.2, 0.25) is 5.79 Å². The van der Waals surface area contributed by atoms with Crippen LogP contribution >= 0.6 is 12.4 Å². The fourth-order valence-corrected chi connectivity index (χ4v) is 2.15. The highest BCUT2D eigenvalue weighted by Crippen LogP contribution is 2.33. The van der Waals surface area contributed by atoms with E-state index < -0.39 is 17.5 Å². The number of rotatable bonds is 2. The molecule has 1 heterocycles. The van der Waals surface area contributed by atoms with Crippen molar-refractivity contribution in [3.63, 3.8) is 0 Å². The topological polar surface area (TPSA) is 32.7 Å². The quantitative estimate of drug-likeness (QED) is 0.911. The van der Waals surface area contributed by atoms with Crippen LogP contribution in [0, 0.1) is 0 Å². The first kappa shape index (κ1) is 17.2. The number of benzene rings is 1. The highest BCUT2D eigenvalue weighted by atomic mass is 35.5. The summed E-state index contributed by atoms with van der Waals surface area (Å²) < 4.78 is 43.3. The van der Waals surface area contributed by atoms with Crippen molar-refractivity contribution >= 4 is 12.4 Å². The summed E-state index contributed by atoms with van der Waals surface area (Å²) >= 11 is 0. The summed E-state index contributed by atoms with van der Waals surface area (Å²) in [5, 5.41) is 10.4. The van der Waals surface area contributed by atoms with Gasteiger partial charge in [-0.25, -0.2) is 0 Å². The molecule has 0 bridgehead atoms. The lowest BCUT2D eigenvalue weighted by molar-refractivity contribution is -0.247. The lowest BCUT2D eigenvalue weighted by Crippen LogP contribution is -2.49. The molecule has 0 radical (unpaired) electrons. The van der Waals surface area contributed by atoms with Crippen LogP contribution in [0.4, 0.5) is 13.2 Å². The predicted octanol–water partition coefficient (Wildman–Crippen LogP) is 2.62. The minimum Gasteiger partial charge on any atom is -0.361 e. The maximum Gasteiger partial charge on any atom is 0.416 e. The van der Waals surface area contributed by atoms with Crippen LogP contribution in [-0.2, 0) is 16.7 Å². The van der Waals surface area contributed by atoms with Crippen LogP contribution in [0.5, 0.6) is 0 Å². The van der Waals surface area contributed by atoms with E-state index >= 15 is 0 Å². The molecule has 1 N–H and O–H groups in total. The van der Waals surface area contributed by atoms with Gasteiger partial charge < -0.3 is 9.84 Å². The molecule has 1 unspecified atom stereocenters. The zero-order valence-electron chi connectivity index (χ0n) is 11.0. The number of alkyl halides is 3. The number of hydrogen-bond acceptors (Lipinski definition) is 3. The summed E-state index contributed by atoms with van der Waals surface area (Å²) in [7, 11) is 0. The van der Waals surface area contributed by atoms with E-state index in [9.17, 15) is 18.3 Å². The van der Waals surface area contributed by atoms with Gasteiger partial charge in [0, 0.05) is 12.1 Å². The first-order chi connectivity index (χ1) is 8.85. The number of halogens is 4. The van der Waals surface area contributed by atoms with Crippen molar-refractivity contribution in [1.29, 1.82) is 0 Å². The smallest absolute Gasteiger partial charge is 0.361 e. The van der Waals surface area contributed by atoms with Gasteiger partial charge in [-0.15, -0.1) is 12.4 Å². The molecule has 3 nitrogen and oxygen atoms in total. The molecule has 20 heavy (non-hydrogen) atoms. The summed E-state index contributed by atoms with van der Waals surface area (Å²) in [6.45, 7) is 3.77. The van der Waals surface area contributed by atoms with Gasteiger partial charge in [-0.1, -0.05) is 19.1 Å². The van der Waals surface area contributed by atoms with Gasteiger partial charge in [0.25, 0.3) is 0 Å². The number of morpholine rings is 1. The average Bonchev–Trinajstić information content (AvgIpc) is 2.38. The van der Waals surface area contributed by atoms with Crippen LogP contribution in [-0.4, -0.2) is 36.2 Å². The zero-order valence-corrected chi connectivity index (χ0v) is 11.8. The molecule has 1 aromatic rings. The molecule has 2 rings (SSSR count). The molecule has 0 saturated carbocycles. The fraction of sp³-hybridized carbons (Fsp3) is 0.538. The second-order valence-electron chi connectivity index (χ2n) is 4.58. The number of likely N-dealkylation sites (N-methyl/N-ethyl adjacent to an activating group) is 1. The van der Waals surface area contributed by atoms with Crippen molar-refractivity contribution in [2.45, 2.75) is 18.9 Å². The minimum absolute atomic E-state index is 0. The molecule has 1 atom stereocenters. The highest BCUT2D eigenvalue weighted by Gasteiger charge is 2.38. The fourth-order valence-electron chi connectivity index (χ4n) is 2.15. The second kappa shape index (κ2) is 6.30. The van der Waals surface area contributed by atoms with Crippen molar-refractivity contribution < 1.29 is 23.0 Å². The number of nitrogens with zero attached hydrogens (tertiary/aromatic N) is 1. The average molecular weight is 312 g/mol. The van der Waals surface area contributed by atoms with Crippen molar-refractivity contribution in [2.75, 3.05) is 26.2 Å². The van der Waals surface area contributed by atoms with Crippen molar-refractivity contribution in [1.82, 2.24) is 4.90 Å². The van der Waals surface area contributed by atoms with Crippen LogP contribution < -0.4 is 0 Å². The van der Waals surface area contributed by atoms with Gasteiger partial charge in [0.05, 0.1) is 18.7 Å². The normalized spacial score (nSPS) is 24.2. The van der Waals surface area contributed by atoms with Crippen LogP contribution in [0.25, 0.3) is 0 Å². The Labute approximate surface area is 121 Å². The molecular formula is C13H17ClF3NO2. The Kier molecular flexibility index (Phi) is 5.43. The Hall–Kier alpha value is -0.820. The number of aliphatic hydroxyl groups is 1. The van der Waals surface area contributed by atoms with Gasteiger partial charge in [-0.2, -0.15) is 13.2 Å². The van der Waals surface area contributed by atoms with E-state index in [1.165, 1.54) is 12.1 Å². The monoisotopic (exact) mass is 311 g/mol. The molecule has 7 heteroatoms.